The van der Waals surface area contributed by atoms with Crippen LogP contribution in [0.4, 0.5) is 0 Å². The van der Waals surface area contributed by atoms with Gasteiger partial charge in [-0.15, -0.1) is 0 Å². The molecule has 2 unspecified atom stereocenters. The van der Waals surface area contributed by atoms with Crippen LogP contribution in [0.25, 0.3) is 0 Å². The SMILES string of the molecule is COCCCN1CC(C2CCCCC2)NCC1(C)C1CC1. The van der Waals surface area contributed by atoms with Crippen LogP contribution in [0.5, 0.6) is 0 Å². The lowest BCUT2D eigenvalue weighted by Gasteiger charge is -2.51. The molecule has 0 aromatic heterocycles. The second-order valence-corrected chi connectivity index (χ2v) is 7.81. The average molecular weight is 294 g/mol. The van der Waals surface area contributed by atoms with Crippen LogP contribution in [0.2, 0.25) is 0 Å². The first kappa shape index (κ1) is 15.8. The van der Waals surface area contributed by atoms with Crippen molar-refractivity contribution in [3.8, 4) is 0 Å². The Balaban J connectivity index is 1.61. The maximum Gasteiger partial charge on any atom is 0.0474 e. The third-order valence-corrected chi connectivity index (χ3v) is 6.31. The van der Waals surface area contributed by atoms with Crippen molar-refractivity contribution in [2.45, 2.75) is 69.9 Å². The van der Waals surface area contributed by atoms with Gasteiger partial charge in [-0.2, -0.15) is 0 Å². The van der Waals surface area contributed by atoms with Crippen LogP contribution in [-0.4, -0.2) is 49.8 Å². The first-order chi connectivity index (χ1) is 10.2. The lowest BCUT2D eigenvalue weighted by Crippen LogP contribution is -2.66. The Bertz CT molecular complexity index is 325. The second-order valence-electron chi connectivity index (χ2n) is 7.81. The second kappa shape index (κ2) is 6.97. The quantitative estimate of drug-likeness (QED) is 0.762. The molecule has 0 radical (unpaired) electrons. The van der Waals surface area contributed by atoms with Gasteiger partial charge in [0, 0.05) is 44.9 Å². The summed E-state index contributed by atoms with van der Waals surface area (Å²) in [6.07, 6.45) is 11.3. The van der Waals surface area contributed by atoms with Crippen molar-refractivity contribution in [2.75, 3.05) is 33.4 Å². The summed E-state index contributed by atoms with van der Waals surface area (Å²) in [5.74, 6) is 1.85. The Hall–Kier alpha value is -0.120. The highest BCUT2D eigenvalue weighted by Gasteiger charge is 2.48. The standard InChI is InChI=1S/C18H34N2O/c1-18(16-9-10-16)14-19-17(15-7-4-3-5-8-15)13-20(18)11-6-12-21-2/h15-17,19H,3-14H2,1-2H3. The minimum absolute atomic E-state index is 0.402. The molecule has 0 aromatic rings. The van der Waals surface area contributed by atoms with Crippen molar-refractivity contribution in [3.05, 3.63) is 0 Å². The summed E-state index contributed by atoms with van der Waals surface area (Å²) >= 11 is 0. The fraction of sp³-hybridized carbons (Fsp3) is 1.00. The van der Waals surface area contributed by atoms with Crippen molar-refractivity contribution < 1.29 is 4.74 Å². The van der Waals surface area contributed by atoms with E-state index in [-0.39, 0.29) is 0 Å². The molecule has 3 rings (SSSR count). The minimum Gasteiger partial charge on any atom is -0.385 e. The highest BCUT2D eigenvalue weighted by molar-refractivity contribution is 5.05. The van der Waals surface area contributed by atoms with Crippen LogP contribution < -0.4 is 5.32 Å². The Kier molecular flexibility index (Phi) is 5.23. The summed E-state index contributed by atoms with van der Waals surface area (Å²) in [5.41, 5.74) is 0.402. The molecular weight excluding hydrogens is 260 g/mol. The molecule has 3 nitrogen and oxygen atoms in total. The number of methoxy groups -OCH3 is 1. The lowest BCUT2D eigenvalue weighted by atomic mass is 9.80. The fourth-order valence-electron chi connectivity index (χ4n) is 4.67. The van der Waals surface area contributed by atoms with Crippen molar-refractivity contribution in [1.82, 2.24) is 10.2 Å². The summed E-state index contributed by atoms with van der Waals surface area (Å²) < 4.78 is 5.28. The number of hydrogen-bond donors (Lipinski definition) is 1. The Morgan fingerprint density at radius 1 is 1.14 bits per heavy atom. The van der Waals surface area contributed by atoms with Gasteiger partial charge in [0.05, 0.1) is 0 Å². The molecule has 0 bridgehead atoms. The van der Waals surface area contributed by atoms with E-state index in [1.807, 2.05) is 7.11 Å². The first-order valence-electron chi connectivity index (χ1n) is 9.21. The Labute approximate surface area is 130 Å². The molecule has 0 spiro atoms. The monoisotopic (exact) mass is 294 g/mol. The van der Waals surface area contributed by atoms with Gasteiger partial charge in [-0.1, -0.05) is 19.3 Å². The van der Waals surface area contributed by atoms with Gasteiger partial charge in [-0.05, 0) is 50.9 Å². The molecule has 21 heavy (non-hydrogen) atoms. The maximum atomic E-state index is 5.28. The van der Waals surface area contributed by atoms with Crippen LogP contribution >= 0.6 is 0 Å². The Morgan fingerprint density at radius 2 is 1.90 bits per heavy atom. The van der Waals surface area contributed by atoms with Crippen LogP contribution in [0, 0.1) is 11.8 Å². The van der Waals surface area contributed by atoms with Gasteiger partial charge in [0.25, 0.3) is 0 Å². The molecule has 2 aliphatic carbocycles. The van der Waals surface area contributed by atoms with Crippen LogP contribution in [0.1, 0.15) is 58.3 Å². The van der Waals surface area contributed by atoms with Crippen LogP contribution in [0.3, 0.4) is 0 Å². The predicted octanol–water partition coefficient (Wildman–Crippen LogP) is 3.05. The highest BCUT2D eigenvalue weighted by atomic mass is 16.5. The minimum atomic E-state index is 0.402. The first-order valence-corrected chi connectivity index (χ1v) is 9.21. The zero-order valence-corrected chi connectivity index (χ0v) is 14.1. The van der Waals surface area contributed by atoms with Gasteiger partial charge in [-0.25, -0.2) is 0 Å². The third-order valence-electron chi connectivity index (χ3n) is 6.31. The molecule has 3 fully saturated rings. The van der Waals surface area contributed by atoms with Crippen LogP contribution in [0.15, 0.2) is 0 Å². The number of hydrogen-bond acceptors (Lipinski definition) is 3. The summed E-state index contributed by atoms with van der Waals surface area (Å²) in [7, 11) is 1.82. The van der Waals surface area contributed by atoms with Gasteiger partial charge in [0.1, 0.15) is 0 Å². The molecule has 1 heterocycles. The molecule has 1 aliphatic heterocycles. The van der Waals surface area contributed by atoms with Gasteiger partial charge >= 0.3 is 0 Å². The predicted molar refractivity (Wildman–Crippen MR) is 87.6 cm³/mol. The average Bonchev–Trinajstić information content (AvgIpc) is 3.35. The van der Waals surface area contributed by atoms with E-state index in [4.69, 9.17) is 4.74 Å². The summed E-state index contributed by atoms with van der Waals surface area (Å²) in [6.45, 7) is 7.08. The van der Waals surface area contributed by atoms with Crippen molar-refractivity contribution >= 4 is 0 Å². The van der Waals surface area contributed by atoms with E-state index in [1.54, 1.807) is 0 Å². The molecule has 2 saturated carbocycles. The molecule has 3 heteroatoms. The molecule has 1 saturated heterocycles. The molecule has 0 amide bonds. The van der Waals surface area contributed by atoms with E-state index in [1.165, 1.54) is 71.0 Å². The summed E-state index contributed by atoms with van der Waals surface area (Å²) in [4.78, 5) is 2.82. The summed E-state index contributed by atoms with van der Waals surface area (Å²) in [6, 6.07) is 0.736. The summed E-state index contributed by atoms with van der Waals surface area (Å²) in [5, 5.41) is 3.95. The van der Waals surface area contributed by atoms with E-state index in [9.17, 15) is 0 Å². The Morgan fingerprint density at radius 3 is 2.57 bits per heavy atom. The zero-order chi connectivity index (χ0) is 14.7. The van der Waals surface area contributed by atoms with Gasteiger partial charge in [0.15, 0.2) is 0 Å². The molecule has 122 valence electrons. The third kappa shape index (κ3) is 3.62. The zero-order valence-electron chi connectivity index (χ0n) is 14.1. The van der Waals surface area contributed by atoms with Gasteiger partial charge in [-0.3, -0.25) is 4.90 Å². The van der Waals surface area contributed by atoms with Crippen molar-refractivity contribution in [3.63, 3.8) is 0 Å². The van der Waals surface area contributed by atoms with E-state index < -0.39 is 0 Å². The van der Waals surface area contributed by atoms with Crippen molar-refractivity contribution in [1.29, 1.82) is 0 Å². The van der Waals surface area contributed by atoms with Gasteiger partial charge < -0.3 is 10.1 Å². The van der Waals surface area contributed by atoms with E-state index in [0.29, 0.717) is 5.54 Å². The van der Waals surface area contributed by atoms with E-state index >= 15 is 0 Å². The number of ether oxygens (including phenoxy) is 1. The molecule has 0 aromatic carbocycles. The van der Waals surface area contributed by atoms with E-state index in [2.05, 4.69) is 17.1 Å². The smallest absolute Gasteiger partial charge is 0.0474 e. The normalized spacial score (nSPS) is 36.0. The number of nitrogens with zero attached hydrogens (tertiary/aromatic N) is 1. The largest absolute Gasteiger partial charge is 0.385 e. The highest BCUT2D eigenvalue weighted by Crippen LogP contribution is 2.44. The van der Waals surface area contributed by atoms with E-state index in [0.717, 1.165) is 24.5 Å². The number of nitrogens with one attached hydrogen (secondary N) is 1. The molecule has 3 aliphatic rings. The number of piperazine rings is 1. The lowest BCUT2D eigenvalue weighted by molar-refractivity contribution is 0.0120. The number of rotatable bonds is 6. The fourth-order valence-corrected chi connectivity index (χ4v) is 4.67. The van der Waals surface area contributed by atoms with Crippen molar-refractivity contribution in [2.24, 2.45) is 11.8 Å². The topological polar surface area (TPSA) is 24.5 Å². The van der Waals surface area contributed by atoms with Gasteiger partial charge in [0.2, 0.25) is 0 Å². The van der Waals surface area contributed by atoms with Crippen LogP contribution in [-0.2, 0) is 4.74 Å². The maximum absolute atomic E-state index is 5.28. The molecular formula is C18H34N2O. The molecule has 2 atom stereocenters. The molecule has 1 N–H and O–H groups in total.